The Morgan fingerprint density at radius 1 is 0.769 bits per heavy atom. The van der Waals surface area contributed by atoms with Gasteiger partial charge in [-0.1, -0.05) is 24.3 Å². The van der Waals surface area contributed by atoms with Crippen molar-refractivity contribution in [2.75, 3.05) is 23.9 Å². The summed E-state index contributed by atoms with van der Waals surface area (Å²) in [7, 11) is 3.85. The van der Waals surface area contributed by atoms with Gasteiger partial charge < -0.3 is 9.80 Å². The van der Waals surface area contributed by atoms with E-state index in [1.165, 1.54) is 0 Å². The van der Waals surface area contributed by atoms with Crippen molar-refractivity contribution in [3.05, 3.63) is 88.5 Å². The van der Waals surface area contributed by atoms with Crippen molar-refractivity contribution < 1.29 is 4.92 Å². The normalized spacial score (nSPS) is 10.4. The van der Waals surface area contributed by atoms with Crippen LogP contribution in [0.2, 0.25) is 0 Å². The van der Waals surface area contributed by atoms with Gasteiger partial charge in [0.1, 0.15) is 5.69 Å². The summed E-state index contributed by atoms with van der Waals surface area (Å²) >= 11 is 0. The van der Waals surface area contributed by atoms with Gasteiger partial charge in [0.15, 0.2) is 0 Å². The van der Waals surface area contributed by atoms with E-state index in [0.717, 1.165) is 22.6 Å². The van der Waals surface area contributed by atoms with Crippen LogP contribution in [-0.2, 0) is 0 Å². The molecule has 0 radical (unpaired) electrons. The quantitative estimate of drug-likeness (QED) is 0.455. The summed E-state index contributed by atoms with van der Waals surface area (Å²) in [5.74, 6) is 0. The molecule has 5 nitrogen and oxygen atoms in total. The SMILES string of the molecule is Cc1ccc(N(C)c2ccc(N(C)c3ccccc3)cc2)c([N+](=O)[O-])c1. The number of benzene rings is 3. The van der Waals surface area contributed by atoms with Gasteiger partial charge in [0, 0.05) is 37.2 Å². The van der Waals surface area contributed by atoms with Gasteiger partial charge in [-0.25, -0.2) is 0 Å². The highest BCUT2D eigenvalue weighted by Crippen LogP contribution is 2.34. The molecule has 0 fully saturated rings. The number of aryl methyl sites for hydroxylation is 1. The van der Waals surface area contributed by atoms with Crippen molar-refractivity contribution in [3.8, 4) is 0 Å². The highest BCUT2D eigenvalue weighted by Gasteiger charge is 2.18. The summed E-state index contributed by atoms with van der Waals surface area (Å²) in [6.07, 6.45) is 0. The Balaban J connectivity index is 1.88. The fraction of sp³-hybridized carbons (Fsp3) is 0.143. The predicted octanol–water partition coefficient (Wildman–Crippen LogP) is 5.44. The van der Waals surface area contributed by atoms with E-state index >= 15 is 0 Å². The fourth-order valence-electron chi connectivity index (χ4n) is 2.90. The Morgan fingerprint density at radius 3 is 1.88 bits per heavy atom. The molecule has 0 aliphatic carbocycles. The summed E-state index contributed by atoms with van der Waals surface area (Å²) < 4.78 is 0. The number of hydrogen-bond acceptors (Lipinski definition) is 4. The number of rotatable bonds is 5. The van der Waals surface area contributed by atoms with Gasteiger partial charge in [0.2, 0.25) is 0 Å². The maximum Gasteiger partial charge on any atom is 0.293 e. The van der Waals surface area contributed by atoms with Crippen LogP contribution in [0.1, 0.15) is 5.56 Å². The van der Waals surface area contributed by atoms with E-state index in [9.17, 15) is 10.1 Å². The second kappa shape index (κ2) is 7.27. The van der Waals surface area contributed by atoms with Gasteiger partial charge >= 0.3 is 0 Å². The third-order valence-electron chi connectivity index (χ3n) is 4.46. The van der Waals surface area contributed by atoms with Crippen LogP contribution in [0.15, 0.2) is 72.8 Å². The molecule has 0 aliphatic heterocycles. The fourth-order valence-corrected chi connectivity index (χ4v) is 2.90. The third-order valence-corrected chi connectivity index (χ3v) is 4.46. The topological polar surface area (TPSA) is 49.6 Å². The molecular weight excluding hydrogens is 326 g/mol. The minimum Gasteiger partial charge on any atom is -0.345 e. The Kier molecular flexibility index (Phi) is 4.89. The zero-order valence-electron chi connectivity index (χ0n) is 15.1. The molecule has 0 saturated carbocycles. The van der Waals surface area contributed by atoms with Crippen LogP contribution < -0.4 is 9.80 Å². The zero-order valence-corrected chi connectivity index (χ0v) is 15.1. The molecule has 0 amide bonds. The van der Waals surface area contributed by atoms with Gasteiger partial charge in [0.25, 0.3) is 5.69 Å². The number of nitrogens with zero attached hydrogens (tertiary/aromatic N) is 3. The van der Waals surface area contributed by atoms with Crippen LogP contribution in [0.3, 0.4) is 0 Å². The first-order valence-corrected chi connectivity index (χ1v) is 8.35. The van der Waals surface area contributed by atoms with Crippen molar-refractivity contribution in [1.29, 1.82) is 0 Å². The maximum atomic E-state index is 11.4. The summed E-state index contributed by atoms with van der Waals surface area (Å²) in [6, 6.07) is 23.3. The summed E-state index contributed by atoms with van der Waals surface area (Å²) in [5.41, 5.74) is 4.59. The molecule has 26 heavy (non-hydrogen) atoms. The van der Waals surface area contributed by atoms with Crippen LogP contribution >= 0.6 is 0 Å². The van der Waals surface area contributed by atoms with E-state index in [0.29, 0.717) is 5.69 Å². The molecule has 0 bridgehead atoms. The van der Waals surface area contributed by atoms with Crippen LogP contribution in [0.25, 0.3) is 0 Å². The van der Waals surface area contributed by atoms with Gasteiger partial charge in [0.05, 0.1) is 4.92 Å². The minimum absolute atomic E-state index is 0.109. The largest absolute Gasteiger partial charge is 0.345 e. The molecule has 3 aromatic rings. The molecule has 132 valence electrons. The molecule has 0 atom stereocenters. The molecule has 0 N–H and O–H groups in total. The summed E-state index contributed by atoms with van der Waals surface area (Å²) in [5, 5.41) is 11.4. The van der Waals surface area contributed by atoms with E-state index < -0.39 is 0 Å². The van der Waals surface area contributed by atoms with Gasteiger partial charge in [-0.15, -0.1) is 0 Å². The number of anilines is 4. The molecule has 0 saturated heterocycles. The van der Waals surface area contributed by atoms with Gasteiger partial charge in [-0.3, -0.25) is 10.1 Å². The molecule has 3 aromatic carbocycles. The standard InChI is InChI=1S/C21H21N3O2/c1-16-9-14-20(21(15-16)24(25)26)23(3)19-12-10-18(11-13-19)22(2)17-7-5-4-6-8-17/h4-15H,1-3H3. The Hall–Kier alpha value is -3.34. The van der Waals surface area contributed by atoms with Crippen molar-refractivity contribution in [2.24, 2.45) is 0 Å². The van der Waals surface area contributed by atoms with E-state index in [1.54, 1.807) is 12.1 Å². The first-order chi connectivity index (χ1) is 12.5. The first kappa shape index (κ1) is 17.5. The molecule has 0 aliphatic rings. The van der Waals surface area contributed by atoms with Crippen molar-refractivity contribution >= 4 is 28.4 Å². The van der Waals surface area contributed by atoms with Crippen LogP contribution in [-0.4, -0.2) is 19.0 Å². The minimum atomic E-state index is -0.337. The Bertz CT molecular complexity index is 908. The van der Waals surface area contributed by atoms with Crippen LogP contribution in [0, 0.1) is 17.0 Å². The average molecular weight is 347 g/mol. The maximum absolute atomic E-state index is 11.4. The molecule has 5 heteroatoms. The van der Waals surface area contributed by atoms with Crippen molar-refractivity contribution in [2.45, 2.75) is 6.92 Å². The molecule has 0 unspecified atom stereocenters. The smallest absolute Gasteiger partial charge is 0.293 e. The lowest BCUT2D eigenvalue weighted by Gasteiger charge is -2.23. The van der Waals surface area contributed by atoms with Crippen LogP contribution in [0.5, 0.6) is 0 Å². The highest BCUT2D eigenvalue weighted by atomic mass is 16.6. The zero-order chi connectivity index (χ0) is 18.7. The lowest BCUT2D eigenvalue weighted by atomic mass is 10.1. The van der Waals surface area contributed by atoms with E-state index in [4.69, 9.17) is 0 Å². The summed E-state index contributed by atoms with van der Waals surface area (Å²) in [4.78, 5) is 15.0. The first-order valence-electron chi connectivity index (χ1n) is 8.35. The molecule has 0 aromatic heterocycles. The Labute approximate surface area is 153 Å². The molecule has 0 spiro atoms. The average Bonchev–Trinajstić information content (AvgIpc) is 2.67. The lowest BCUT2D eigenvalue weighted by Crippen LogP contribution is -2.13. The molecule has 0 heterocycles. The van der Waals surface area contributed by atoms with E-state index in [2.05, 4.69) is 17.0 Å². The Morgan fingerprint density at radius 2 is 1.31 bits per heavy atom. The highest BCUT2D eigenvalue weighted by molar-refractivity contribution is 5.74. The third kappa shape index (κ3) is 3.52. The summed E-state index contributed by atoms with van der Waals surface area (Å²) in [6.45, 7) is 1.85. The van der Waals surface area contributed by atoms with Gasteiger partial charge in [-0.2, -0.15) is 0 Å². The second-order valence-electron chi connectivity index (χ2n) is 6.22. The number of nitro benzene ring substituents is 1. The molecular formula is C21H21N3O2. The van der Waals surface area contributed by atoms with Crippen molar-refractivity contribution in [3.63, 3.8) is 0 Å². The second-order valence-corrected chi connectivity index (χ2v) is 6.22. The number of hydrogen-bond donors (Lipinski definition) is 0. The number of nitro groups is 1. The predicted molar refractivity (Wildman–Crippen MR) is 107 cm³/mol. The van der Waals surface area contributed by atoms with Crippen LogP contribution in [0.4, 0.5) is 28.4 Å². The monoisotopic (exact) mass is 347 g/mol. The van der Waals surface area contributed by atoms with Crippen molar-refractivity contribution in [1.82, 2.24) is 0 Å². The van der Waals surface area contributed by atoms with E-state index in [-0.39, 0.29) is 10.6 Å². The number of para-hydroxylation sites is 1. The lowest BCUT2D eigenvalue weighted by molar-refractivity contribution is -0.384. The molecule has 3 rings (SSSR count). The van der Waals surface area contributed by atoms with Gasteiger partial charge in [-0.05, 0) is 55.0 Å². The van der Waals surface area contributed by atoms with E-state index in [1.807, 2.05) is 74.4 Å².